The summed E-state index contributed by atoms with van der Waals surface area (Å²) < 4.78 is 36.5. The number of amides is 1. The number of anilines is 1. The van der Waals surface area contributed by atoms with Gasteiger partial charge in [0, 0.05) is 17.0 Å². The van der Waals surface area contributed by atoms with Crippen molar-refractivity contribution in [2.75, 3.05) is 11.6 Å². The van der Waals surface area contributed by atoms with Gasteiger partial charge in [-0.15, -0.1) is 0 Å². The number of sulfone groups is 1. The molecule has 1 fully saturated rings. The van der Waals surface area contributed by atoms with Crippen LogP contribution in [0.5, 0.6) is 0 Å². The Morgan fingerprint density at radius 3 is 2.23 bits per heavy atom. The second-order valence-corrected chi connectivity index (χ2v) is 10.9. The van der Waals surface area contributed by atoms with Gasteiger partial charge in [-0.1, -0.05) is 29.8 Å². The molecule has 30 heavy (non-hydrogen) atoms. The van der Waals surface area contributed by atoms with Gasteiger partial charge in [0.2, 0.25) is 5.91 Å². The highest BCUT2D eigenvalue weighted by molar-refractivity contribution is 7.90. The lowest BCUT2D eigenvalue weighted by molar-refractivity contribution is -0.115. The highest BCUT2D eigenvalue weighted by Crippen LogP contribution is 2.36. The summed E-state index contributed by atoms with van der Waals surface area (Å²) in [5.41, 5.74) is 0.393. The van der Waals surface area contributed by atoms with Crippen LogP contribution < -0.4 is 10.8 Å². The second kappa shape index (κ2) is 8.00. The molecular formula is C21H25BClNO5S. The zero-order valence-corrected chi connectivity index (χ0v) is 19.2. The molecule has 0 radical (unpaired) electrons. The van der Waals surface area contributed by atoms with Crippen molar-refractivity contribution in [2.24, 2.45) is 0 Å². The van der Waals surface area contributed by atoms with E-state index in [4.69, 9.17) is 20.9 Å². The predicted molar refractivity (Wildman–Crippen MR) is 119 cm³/mol. The van der Waals surface area contributed by atoms with Crippen LogP contribution in [0, 0.1) is 0 Å². The fraction of sp³-hybridized carbons (Fsp3) is 0.381. The van der Waals surface area contributed by atoms with Crippen LogP contribution >= 0.6 is 11.6 Å². The first-order valence-electron chi connectivity index (χ1n) is 9.52. The summed E-state index contributed by atoms with van der Waals surface area (Å²) in [6.45, 7) is 7.67. The maximum atomic E-state index is 12.6. The van der Waals surface area contributed by atoms with Crippen LogP contribution in [-0.2, 0) is 30.4 Å². The number of benzene rings is 2. The molecule has 0 spiro atoms. The maximum Gasteiger partial charge on any atom is 0.494 e. The molecule has 0 atom stereocenters. The maximum absolute atomic E-state index is 12.6. The molecule has 1 amide bonds. The summed E-state index contributed by atoms with van der Waals surface area (Å²) in [6, 6.07) is 11.7. The molecule has 1 heterocycles. The molecule has 1 aliphatic heterocycles. The van der Waals surface area contributed by atoms with Crippen molar-refractivity contribution in [3.05, 3.63) is 53.1 Å². The van der Waals surface area contributed by atoms with Crippen LogP contribution in [0.1, 0.15) is 33.3 Å². The van der Waals surface area contributed by atoms with E-state index in [0.717, 1.165) is 6.26 Å². The number of carbonyl (C=O) groups excluding carboxylic acids is 1. The number of carbonyl (C=O) groups is 1. The van der Waals surface area contributed by atoms with Crippen molar-refractivity contribution in [3.63, 3.8) is 0 Å². The van der Waals surface area contributed by atoms with Crippen LogP contribution in [0.25, 0.3) is 0 Å². The van der Waals surface area contributed by atoms with E-state index in [0.29, 0.717) is 21.7 Å². The first-order valence-corrected chi connectivity index (χ1v) is 11.8. The third kappa shape index (κ3) is 4.89. The van der Waals surface area contributed by atoms with E-state index in [9.17, 15) is 13.2 Å². The lowest BCUT2D eigenvalue weighted by Crippen LogP contribution is -2.41. The summed E-state index contributed by atoms with van der Waals surface area (Å²) in [4.78, 5) is 12.6. The zero-order valence-electron chi connectivity index (χ0n) is 17.7. The van der Waals surface area contributed by atoms with Gasteiger partial charge in [0.25, 0.3) is 0 Å². The smallest absolute Gasteiger partial charge is 0.399 e. The fourth-order valence-electron chi connectivity index (χ4n) is 3.04. The average molecular weight is 450 g/mol. The summed E-state index contributed by atoms with van der Waals surface area (Å²) in [7, 11) is -4.27. The van der Waals surface area contributed by atoms with Gasteiger partial charge in [-0.2, -0.15) is 0 Å². The van der Waals surface area contributed by atoms with E-state index in [1.807, 2.05) is 27.7 Å². The van der Waals surface area contributed by atoms with Crippen LogP contribution in [0.4, 0.5) is 5.69 Å². The van der Waals surface area contributed by atoms with Crippen molar-refractivity contribution in [1.82, 2.24) is 0 Å². The van der Waals surface area contributed by atoms with Crippen LogP contribution in [-0.4, -0.2) is 38.9 Å². The molecule has 0 aromatic heterocycles. The first-order chi connectivity index (χ1) is 13.8. The average Bonchev–Trinajstić information content (AvgIpc) is 2.83. The van der Waals surface area contributed by atoms with E-state index in [1.165, 1.54) is 12.1 Å². The zero-order chi connectivity index (χ0) is 22.3. The van der Waals surface area contributed by atoms with Crippen molar-refractivity contribution in [1.29, 1.82) is 0 Å². The Hall–Kier alpha value is -1.87. The number of halogens is 1. The number of rotatable bonds is 5. The topological polar surface area (TPSA) is 81.7 Å². The monoisotopic (exact) mass is 449 g/mol. The van der Waals surface area contributed by atoms with E-state index in [2.05, 4.69) is 5.32 Å². The minimum atomic E-state index is -3.52. The molecule has 3 rings (SSSR count). The summed E-state index contributed by atoms with van der Waals surface area (Å²) in [5, 5.41) is 3.26. The van der Waals surface area contributed by atoms with Crippen LogP contribution in [0.15, 0.2) is 47.4 Å². The molecule has 160 valence electrons. The molecule has 0 unspecified atom stereocenters. The van der Waals surface area contributed by atoms with Crippen molar-refractivity contribution >= 4 is 45.6 Å². The molecule has 0 bridgehead atoms. The van der Waals surface area contributed by atoms with Crippen LogP contribution in [0.3, 0.4) is 0 Å². The third-order valence-corrected chi connectivity index (χ3v) is 6.94. The normalized spacial score (nSPS) is 17.7. The van der Waals surface area contributed by atoms with E-state index in [-0.39, 0.29) is 17.2 Å². The Balaban J connectivity index is 1.91. The Bertz CT molecular complexity index is 1070. The van der Waals surface area contributed by atoms with Gasteiger partial charge in [-0.05, 0) is 63.0 Å². The Morgan fingerprint density at radius 2 is 1.67 bits per heavy atom. The van der Waals surface area contributed by atoms with Crippen LogP contribution in [0.2, 0.25) is 5.02 Å². The molecule has 9 heteroatoms. The molecule has 6 nitrogen and oxygen atoms in total. The van der Waals surface area contributed by atoms with E-state index >= 15 is 0 Å². The predicted octanol–water partition coefficient (Wildman–Crippen LogP) is 3.22. The summed E-state index contributed by atoms with van der Waals surface area (Å²) in [5.74, 6) is -0.311. The molecule has 1 N–H and O–H groups in total. The summed E-state index contributed by atoms with van der Waals surface area (Å²) in [6.07, 6.45) is 1.18. The van der Waals surface area contributed by atoms with Gasteiger partial charge in [-0.3, -0.25) is 4.79 Å². The van der Waals surface area contributed by atoms with Crippen molar-refractivity contribution in [2.45, 2.75) is 50.2 Å². The van der Waals surface area contributed by atoms with Gasteiger partial charge >= 0.3 is 7.12 Å². The quantitative estimate of drug-likeness (QED) is 0.709. The minimum absolute atomic E-state index is 0.0641. The minimum Gasteiger partial charge on any atom is -0.399 e. The largest absolute Gasteiger partial charge is 0.494 e. The highest BCUT2D eigenvalue weighted by atomic mass is 35.5. The van der Waals surface area contributed by atoms with Crippen molar-refractivity contribution in [3.8, 4) is 0 Å². The SMILES string of the molecule is CC1(C)OB(c2cc(NC(=O)Cc3ccccc3Cl)cc(S(C)(=O)=O)c2)OC1(C)C. The summed E-state index contributed by atoms with van der Waals surface area (Å²) >= 11 is 6.13. The second-order valence-electron chi connectivity index (χ2n) is 8.47. The lowest BCUT2D eigenvalue weighted by Gasteiger charge is -2.32. The highest BCUT2D eigenvalue weighted by Gasteiger charge is 2.51. The molecule has 2 aromatic rings. The Labute approximate surface area is 183 Å². The molecule has 2 aromatic carbocycles. The lowest BCUT2D eigenvalue weighted by atomic mass is 9.79. The van der Waals surface area contributed by atoms with Gasteiger partial charge in [0.15, 0.2) is 9.84 Å². The molecule has 1 saturated heterocycles. The molecule has 1 aliphatic rings. The third-order valence-electron chi connectivity index (χ3n) is 5.48. The van der Waals surface area contributed by atoms with E-state index < -0.39 is 28.2 Å². The van der Waals surface area contributed by atoms with Gasteiger partial charge in [-0.25, -0.2) is 8.42 Å². The first kappa shape index (κ1) is 22.8. The number of hydrogen-bond acceptors (Lipinski definition) is 5. The van der Waals surface area contributed by atoms with Crippen molar-refractivity contribution < 1.29 is 22.5 Å². The van der Waals surface area contributed by atoms with Gasteiger partial charge in [0.05, 0.1) is 22.5 Å². The number of hydrogen-bond donors (Lipinski definition) is 1. The van der Waals surface area contributed by atoms with Gasteiger partial charge < -0.3 is 14.6 Å². The Kier molecular flexibility index (Phi) is 6.08. The van der Waals surface area contributed by atoms with Gasteiger partial charge in [0.1, 0.15) is 0 Å². The fourth-order valence-corrected chi connectivity index (χ4v) is 3.94. The number of nitrogens with one attached hydrogen (secondary N) is 1. The Morgan fingerprint density at radius 1 is 1.07 bits per heavy atom. The molecule has 0 aliphatic carbocycles. The standard InChI is InChI=1S/C21H25BClNO5S/c1-20(2)21(3,4)29-22(28-20)15-11-16(13-17(12-15)30(5,26)27)24-19(25)10-14-8-6-7-9-18(14)23/h6-9,11-13H,10H2,1-5H3,(H,24,25). The van der Waals surface area contributed by atoms with E-state index in [1.54, 1.807) is 30.3 Å². The molecular weight excluding hydrogens is 425 g/mol. The molecule has 0 saturated carbocycles.